The fourth-order valence-corrected chi connectivity index (χ4v) is 4.77. The van der Waals surface area contributed by atoms with Gasteiger partial charge < -0.3 is 0 Å². The molecule has 0 amide bonds. The van der Waals surface area contributed by atoms with E-state index in [2.05, 4.69) is 13.1 Å². The van der Waals surface area contributed by atoms with Crippen molar-refractivity contribution in [2.24, 2.45) is 0 Å². The molecule has 0 heterocycles. The van der Waals surface area contributed by atoms with Gasteiger partial charge in [0, 0.05) is 18.1 Å². The van der Waals surface area contributed by atoms with Crippen LogP contribution in [0.4, 0.5) is 0 Å². The van der Waals surface area contributed by atoms with E-state index in [9.17, 15) is 0 Å². The van der Waals surface area contributed by atoms with E-state index >= 15 is 0 Å². The van der Waals surface area contributed by atoms with Crippen molar-refractivity contribution in [3.05, 3.63) is 0 Å². The molecule has 5 heavy (non-hydrogen) atoms. The van der Waals surface area contributed by atoms with Crippen LogP contribution >= 0.6 is 0 Å². The standard InChI is InChI=1S/C2H8Si3/c1-3-5-4-2/h5H2,1-2H3. The van der Waals surface area contributed by atoms with Gasteiger partial charge in [-0.05, 0) is 8.55 Å². The van der Waals surface area contributed by atoms with Crippen LogP contribution < -0.4 is 0 Å². The van der Waals surface area contributed by atoms with Crippen molar-refractivity contribution < 1.29 is 0 Å². The van der Waals surface area contributed by atoms with Crippen molar-refractivity contribution >= 4 is 26.6 Å². The molecule has 0 nitrogen and oxygen atoms in total. The normalized spacial score (nSPS) is 8.40. The number of rotatable bonds is 2. The average molecular weight is 116 g/mol. The van der Waals surface area contributed by atoms with Crippen LogP contribution in [0.3, 0.4) is 0 Å². The third kappa shape index (κ3) is 4.65. The predicted octanol–water partition coefficient (Wildman–Crippen LogP) is -0.510. The maximum atomic E-state index is 2.31. The molecule has 0 aliphatic rings. The Bertz CT molecular complexity index is 12.4. The lowest BCUT2D eigenvalue weighted by Gasteiger charge is -1.74. The molecule has 0 fully saturated rings. The fraction of sp³-hybridized carbons (Fsp3) is 1.00. The molecule has 0 aliphatic carbocycles. The fourth-order valence-electron chi connectivity index (χ4n) is 0.177. The third-order valence-corrected chi connectivity index (χ3v) is 9.55. The summed E-state index contributed by atoms with van der Waals surface area (Å²) in [5.41, 5.74) is 0. The van der Waals surface area contributed by atoms with Crippen LogP contribution in [0.15, 0.2) is 0 Å². The lowest BCUT2D eigenvalue weighted by atomic mass is 11.9. The van der Waals surface area contributed by atoms with Gasteiger partial charge in [-0.3, -0.25) is 0 Å². The van der Waals surface area contributed by atoms with Gasteiger partial charge in [-0.2, -0.15) is 0 Å². The molecule has 0 N–H and O–H groups in total. The van der Waals surface area contributed by atoms with Gasteiger partial charge in [-0.25, -0.2) is 0 Å². The Kier molecular flexibility index (Phi) is 5.26. The highest BCUT2D eigenvalue weighted by Gasteiger charge is 1.73. The Morgan fingerprint density at radius 2 is 1.60 bits per heavy atom. The summed E-state index contributed by atoms with van der Waals surface area (Å²) >= 11 is 0. The molecule has 0 saturated carbocycles. The Morgan fingerprint density at radius 3 is 1.60 bits per heavy atom. The molecule has 0 bridgehead atoms. The molecule has 0 rings (SSSR count). The Morgan fingerprint density at radius 1 is 1.20 bits per heavy atom. The lowest BCUT2D eigenvalue weighted by Crippen LogP contribution is -2.03. The summed E-state index contributed by atoms with van der Waals surface area (Å²) in [6.07, 6.45) is 0. The Labute approximate surface area is 40.4 Å². The van der Waals surface area contributed by atoms with E-state index in [1.165, 1.54) is 18.1 Å². The molecule has 0 unspecified atom stereocenters. The van der Waals surface area contributed by atoms with Crippen LogP contribution in [0.2, 0.25) is 13.1 Å². The van der Waals surface area contributed by atoms with Gasteiger partial charge >= 0.3 is 0 Å². The van der Waals surface area contributed by atoms with E-state index in [1.54, 1.807) is 0 Å². The van der Waals surface area contributed by atoms with Crippen LogP contribution in [0.25, 0.3) is 0 Å². The second-order valence-electron chi connectivity index (χ2n) is 0.884. The summed E-state index contributed by atoms with van der Waals surface area (Å²) < 4.78 is 0. The summed E-state index contributed by atoms with van der Waals surface area (Å²) in [6, 6.07) is 0. The van der Waals surface area contributed by atoms with Gasteiger partial charge in [0.05, 0.1) is 0 Å². The molecule has 0 spiro atoms. The van der Waals surface area contributed by atoms with E-state index in [0.29, 0.717) is 8.55 Å². The molecule has 3 heteroatoms. The van der Waals surface area contributed by atoms with Crippen molar-refractivity contribution in [2.45, 2.75) is 13.1 Å². The van der Waals surface area contributed by atoms with Crippen LogP contribution in [-0.4, -0.2) is 26.6 Å². The third-order valence-electron chi connectivity index (χ3n) is 0.354. The first kappa shape index (κ1) is 5.65. The zero-order valence-corrected chi connectivity index (χ0v) is 7.12. The van der Waals surface area contributed by atoms with Gasteiger partial charge in [0.1, 0.15) is 0 Å². The predicted molar refractivity (Wildman–Crippen MR) is 31.8 cm³/mol. The van der Waals surface area contributed by atoms with Crippen molar-refractivity contribution in [3.63, 3.8) is 0 Å². The molecule has 0 aromatic carbocycles. The molecule has 0 aromatic rings. The van der Waals surface area contributed by atoms with Crippen LogP contribution in [0.5, 0.6) is 0 Å². The summed E-state index contributed by atoms with van der Waals surface area (Å²) in [4.78, 5) is 0. The van der Waals surface area contributed by atoms with Crippen molar-refractivity contribution in [2.75, 3.05) is 0 Å². The number of hydrogen-bond donors (Lipinski definition) is 0. The summed E-state index contributed by atoms with van der Waals surface area (Å²) in [7, 11) is 3.11. The number of hydrogen-bond acceptors (Lipinski definition) is 0. The highest BCUT2D eigenvalue weighted by atomic mass is 29.5. The van der Waals surface area contributed by atoms with Crippen LogP contribution in [-0.2, 0) is 0 Å². The molecular formula is C2H8Si3. The van der Waals surface area contributed by atoms with E-state index in [1.807, 2.05) is 0 Å². The zero-order valence-electron chi connectivity index (χ0n) is 3.71. The molecule has 0 aromatic heterocycles. The molecule has 4 radical (unpaired) electrons. The molecule has 0 atom stereocenters. The van der Waals surface area contributed by atoms with Gasteiger partial charge in [-0.1, -0.05) is 13.1 Å². The molecule has 0 aliphatic heterocycles. The minimum atomic E-state index is 0.488. The van der Waals surface area contributed by atoms with E-state index < -0.39 is 0 Å². The first-order valence-corrected chi connectivity index (χ1v) is 9.36. The molecular weight excluding hydrogens is 108 g/mol. The average Bonchev–Trinajstić information content (AvgIpc) is 1.41. The Hall–Kier alpha value is 0.651. The lowest BCUT2D eigenvalue weighted by molar-refractivity contribution is 2.34. The second kappa shape index (κ2) is 4.65. The van der Waals surface area contributed by atoms with Crippen molar-refractivity contribution in [1.29, 1.82) is 0 Å². The smallest absolute Gasteiger partial charge is 0.0135 e. The largest absolute Gasteiger partial charge is 0.0762 e. The quantitative estimate of drug-likeness (QED) is 0.426. The van der Waals surface area contributed by atoms with E-state index in [0.717, 1.165) is 0 Å². The molecule has 28 valence electrons. The highest BCUT2D eigenvalue weighted by Crippen LogP contribution is 1.48. The summed E-state index contributed by atoms with van der Waals surface area (Å²) in [6.45, 7) is 4.62. The van der Waals surface area contributed by atoms with Crippen LogP contribution in [0.1, 0.15) is 0 Å². The monoisotopic (exact) mass is 116 g/mol. The van der Waals surface area contributed by atoms with E-state index in [4.69, 9.17) is 0 Å². The van der Waals surface area contributed by atoms with Gasteiger partial charge in [0.2, 0.25) is 0 Å². The Balaban J connectivity index is 2.19. The second-order valence-corrected chi connectivity index (χ2v) is 11.1. The SMILES string of the molecule is C[Si][SiH2][Si]C. The maximum absolute atomic E-state index is 2.31. The van der Waals surface area contributed by atoms with Crippen LogP contribution in [0, 0.1) is 0 Å². The van der Waals surface area contributed by atoms with Gasteiger partial charge in [0.25, 0.3) is 0 Å². The van der Waals surface area contributed by atoms with Gasteiger partial charge in [-0.15, -0.1) is 0 Å². The molecule has 0 saturated heterocycles. The summed E-state index contributed by atoms with van der Waals surface area (Å²) in [5, 5.41) is 0. The maximum Gasteiger partial charge on any atom is 0.0135 e. The topological polar surface area (TPSA) is 0 Å². The van der Waals surface area contributed by atoms with Gasteiger partial charge in [0.15, 0.2) is 0 Å². The van der Waals surface area contributed by atoms with Crippen molar-refractivity contribution in [3.8, 4) is 0 Å². The minimum Gasteiger partial charge on any atom is -0.0762 e. The first-order valence-electron chi connectivity index (χ1n) is 1.71. The van der Waals surface area contributed by atoms with Crippen molar-refractivity contribution in [1.82, 2.24) is 0 Å². The summed E-state index contributed by atoms with van der Waals surface area (Å²) in [5.74, 6) is 0. The zero-order chi connectivity index (χ0) is 4.12. The van der Waals surface area contributed by atoms with E-state index in [-0.39, 0.29) is 0 Å². The first-order chi connectivity index (χ1) is 2.41. The highest BCUT2D eigenvalue weighted by molar-refractivity contribution is 7.28. The minimum absolute atomic E-state index is 0.488.